The van der Waals surface area contributed by atoms with Crippen LogP contribution in [0.1, 0.15) is 24.1 Å². The molecular formula is C26H22ClN3OS2. The van der Waals surface area contributed by atoms with E-state index in [1.165, 1.54) is 58.7 Å². The van der Waals surface area contributed by atoms with Crippen molar-refractivity contribution in [3.63, 3.8) is 0 Å². The molecule has 4 heterocycles. The maximum atomic E-state index is 13.3. The molecule has 0 saturated carbocycles. The molecule has 1 aliphatic heterocycles. The molecule has 5 aromatic rings. The molecular weight excluding hydrogens is 470 g/mol. The fourth-order valence-corrected chi connectivity index (χ4v) is 6.76. The molecule has 0 atom stereocenters. The van der Waals surface area contributed by atoms with Gasteiger partial charge in [-0.05, 0) is 79.3 Å². The number of halogens is 1. The molecule has 0 unspecified atom stereocenters. The maximum Gasteiger partial charge on any atom is 0.275 e. The number of aromatic nitrogens is 2. The van der Waals surface area contributed by atoms with E-state index in [1.54, 1.807) is 10.9 Å². The quantitative estimate of drug-likeness (QED) is 0.272. The van der Waals surface area contributed by atoms with Crippen molar-refractivity contribution in [2.45, 2.75) is 25.8 Å². The molecule has 0 amide bonds. The highest BCUT2D eigenvalue weighted by atomic mass is 35.5. The van der Waals surface area contributed by atoms with E-state index >= 15 is 0 Å². The summed E-state index contributed by atoms with van der Waals surface area (Å²) in [6.45, 7) is 3.41. The van der Waals surface area contributed by atoms with Gasteiger partial charge in [-0.25, -0.2) is 4.98 Å². The van der Waals surface area contributed by atoms with Gasteiger partial charge in [0, 0.05) is 26.0 Å². The topological polar surface area (TPSA) is 38.1 Å². The number of fused-ring (bicyclic) bond motifs is 2. The van der Waals surface area contributed by atoms with Crippen molar-refractivity contribution in [3.8, 4) is 16.1 Å². The average molecular weight is 492 g/mol. The number of benzene rings is 2. The lowest BCUT2D eigenvalue weighted by molar-refractivity contribution is 0.223. The lowest BCUT2D eigenvalue weighted by Crippen LogP contribution is -2.28. The van der Waals surface area contributed by atoms with Crippen LogP contribution in [0.4, 0.5) is 0 Å². The van der Waals surface area contributed by atoms with Crippen molar-refractivity contribution in [2.75, 3.05) is 13.1 Å². The Labute approximate surface area is 204 Å². The van der Waals surface area contributed by atoms with Gasteiger partial charge in [0.05, 0.1) is 11.2 Å². The maximum absolute atomic E-state index is 13.3. The molecule has 1 saturated heterocycles. The zero-order valence-electron chi connectivity index (χ0n) is 18.0. The van der Waals surface area contributed by atoms with E-state index in [1.807, 2.05) is 47.7 Å². The van der Waals surface area contributed by atoms with Gasteiger partial charge < -0.3 is 0 Å². The molecule has 3 aromatic heterocycles. The van der Waals surface area contributed by atoms with E-state index in [4.69, 9.17) is 11.6 Å². The van der Waals surface area contributed by atoms with Gasteiger partial charge in [0.2, 0.25) is 0 Å². The van der Waals surface area contributed by atoms with Crippen molar-refractivity contribution in [3.05, 3.63) is 81.2 Å². The third-order valence-corrected chi connectivity index (χ3v) is 8.74. The summed E-state index contributed by atoms with van der Waals surface area (Å²) >= 11 is 9.35. The lowest BCUT2D eigenvalue weighted by atomic mass is 10.1. The second kappa shape index (κ2) is 8.69. The van der Waals surface area contributed by atoms with Crippen molar-refractivity contribution in [2.24, 2.45) is 0 Å². The predicted molar refractivity (Wildman–Crippen MR) is 140 cm³/mol. The Morgan fingerprint density at radius 3 is 2.58 bits per heavy atom. The number of piperidine rings is 1. The molecule has 1 aliphatic rings. The monoisotopic (exact) mass is 491 g/mol. The summed E-state index contributed by atoms with van der Waals surface area (Å²) in [5.74, 6) is 0. The summed E-state index contributed by atoms with van der Waals surface area (Å²) in [6, 6.07) is 18.2. The third-order valence-electron chi connectivity index (χ3n) is 6.22. The van der Waals surface area contributed by atoms with E-state index < -0.39 is 0 Å². The Morgan fingerprint density at radius 1 is 0.939 bits per heavy atom. The molecule has 1 fully saturated rings. The van der Waals surface area contributed by atoms with Crippen LogP contribution in [0.15, 0.2) is 65.7 Å². The van der Waals surface area contributed by atoms with Crippen molar-refractivity contribution >= 4 is 54.6 Å². The van der Waals surface area contributed by atoms with Crippen molar-refractivity contribution in [1.29, 1.82) is 0 Å². The molecule has 0 radical (unpaired) electrons. The summed E-state index contributed by atoms with van der Waals surface area (Å²) in [4.78, 5) is 22.9. The summed E-state index contributed by atoms with van der Waals surface area (Å²) in [7, 11) is 0. The zero-order valence-corrected chi connectivity index (χ0v) is 20.3. The Bertz CT molecular complexity index is 1510. The second-order valence-electron chi connectivity index (χ2n) is 8.52. The number of rotatable bonds is 4. The molecule has 166 valence electrons. The van der Waals surface area contributed by atoms with Crippen LogP contribution in [0.2, 0.25) is 5.02 Å². The number of hydrogen-bond donors (Lipinski definition) is 0. The van der Waals surface area contributed by atoms with E-state index in [-0.39, 0.29) is 5.56 Å². The molecule has 4 nitrogen and oxygen atoms in total. The minimum Gasteiger partial charge on any atom is -0.298 e. The Balaban J connectivity index is 1.34. The Kier molecular flexibility index (Phi) is 5.54. The Hall–Kier alpha value is -2.51. The minimum absolute atomic E-state index is 0.0340. The first kappa shape index (κ1) is 21.1. The van der Waals surface area contributed by atoms with Gasteiger partial charge in [-0.15, -0.1) is 22.7 Å². The highest BCUT2D eigenvalue weighted by molar-refractivity contribution is 7.22. The normalized spacial score (nSPS) is 14.9. The van der Waals surface area contributed by atoms with Crippen LogP contribution in [0, 0.1) is 0 Å². The molecule has 0 bridgehead atoms. The van der Waals surface area contributed by atoms with E-state index in [0.29, 0.717) is 9.72 Å². The molecule has 7 heteroatoms. The van der Waals surface area contributed by atoms with Crippen LogP contribution < -0.4 is 5.56 Å². The van der Waals surface area contributed by atoms with Gasteiger partial charge in [0.25, 0.3) is 5.56 Å². The molecule has 0 spiro atoms. The SMILES string of the molecule is O=c1c2sc(-c3ccc(Cl)cc3)cc2ncn1-c1ccc2sc(CN3CCCCC3)cc2c1. The Morgan fingerprint density at radius 2 is 1.76 bits per heavy atom. The highest BCUT2D eigenvalue weighted by Gasteiger charge is 2.14. The molecule has 33 heavy (non-hydrogen) atoms. The highest BCUT2D eigenvalue weighted by Crippen LogP contribution is 2.32. The van der Waals surface area contributed by atoms with Crippen LogP contribution in [-0.4, -0.2) is 27.5 Å². The van der Waals surface area contributed by atoms with Crippen LogP contribution in [-0.2, 0) is 6.54 Å². The zero-order chi connectivity index (χ0) is 22.4. The second-order valence-corrected chi connectivity index (χ2v) is 11.2. The van der Waals surface area contributed by atoms with Crippen LogP contribution in [0.25, 0.3) is 36.4 Å². The first-order valence-corrected chi connectivity index (χ1v) is 13.2. The number of thiophene rings is 2. The fourth-order valence-electron chi connectivity index (χ4n) is 4.50. The molecule has 0 aliphatic carbocycles. The number of hydrogen-bond acceptors (Lipinski definition) is 5. The third kappa shape index (κ3) is 4.13. The molecule has 6 rings (SSSR count). The van der Waals surface area contributed by atoms with Gasteiger partial charge in [-0.2, -0.15) is 0 Å². The largest absolute Gasteiger partial charge is 0.298 e. The van der Waals surface area contributed by atoms with Crippen LogP contribution >= 0.6 is 34.3 Å². The van der Waals surface area contributed by atoms with Crippen molar-refractivity contribution in [1.82, 2.24) is 14.5 Å². The summed E-state index contributed by atoms with van der Waals surface area (Å²) < 4.78 is 3.58. The molecule has 2 aromatic carbocycles. The van der Waals surface area contributed by atoms with Gasteiger partial charge in [-0.3, -0.25) is 14.3 Å². The van der Waals surface area contributed by atoms with Crippen molar-refractivity contribution < 1.29 is 0 Å². The standard InChI is InChI=1S/C26H22ClN3OS2/c27-19-6-4-17(5-7-19)24-14-22-25(33-24)26(31)30(16-28-22)20-8-9-23-18(12-20)13-21(32-23)15-29-10-2-1-3-11-29/h4-9,12-14,16H,1-3,10-11,15H2. The van der Waals surface area contributed by atoms with E-state index in [0.717, 1.165) is 28.2 Å². The van der Waals surface area contributed by atoms with Gasteiger partial charge in [0.1, 0.15) is 11.0 Å². The van der Waals surface area contributed by atoms with Gasteiger partial charge in [-0.1, -0.05) is 30.2 Å². The van der Waals surface area contributed by atoms with E-state index in [2.05, 4.69) is 28.1 Å². The number of likely N-dealkylation sites (tertiary alicyclic amines) is 1. The van der Waals surface area contributed by atoms with E-state index in [9.17, 15) is 4.79 Å². The first-order valence-electron chi connectivity index (χ1n) is 11.2. The van der Waals surface area contributed by atoms with Crippen LogP contribution in [0.5, 0.6) is 0 Å². The summed E-state index contributed by atoms with van der Waals surface area (Å²) in [5, 5.41) is 1.88. The smallest absolute Gasteiger partial charge is 0.275 e. The average Bonchev–Trinajstić information content (AvgIpc) is 3.44. The fraction of sp³-hybridized carbons (Fsp3) is 0.231. The van der Waals surface area contributed by atoms with Crippen LogP contribution in [0.3, 0.4) is 0 Å². The summed E-state index contributed by atoms with van der Waals surface area (Å²) in [6.07, 6.45) is 5.60. The minimum atomic E-state index is -0.0340. The number of nitrogens with zero attached hydrogens (tertiary/aromatic N) is 3. The van der Waals surface area contributed by atoms with Gasteiger partial charge >= 0.3 is 0 Å². The summed E-state index contributed by atoms with van der Waals surface area (Å²) in [5.41, 5.74) is 2.58. The first-order chi connectivity index (χ1) is 16.1. The molecule has 0 N–H and O–H groups in total. The predicted octanol–water partition coefficient (Wildman–Crippen LogP) is 6.97. The van der Waals surface area contributed by atoms with Gasteiger partial charge in [0.15, 0.2) is 0 Å². The lowest BCUT2D eigenvalue weighted by Gasteiger charge is -2.25.